The first-order valence-corrected chi connectivity index (χ1v) is 11.3. The van der Waals surface area contributed by atoms with E-state index in [0.717, 1.165) is 49.2 Å². The van der Waals surface area contributed by atoms with Crippen LogP contribution in [0.3, 0.4) is 0 Å². The molecule has 4 rings (SSSR count). The zero-order valence-electron chi connectivity index (χ0n) is 17.7. The number of hydrogen-bond donors (Lipinski definition) is 1. The maximum absolute atomic E-state index is 12.6. The van der Waals surface area contributed by atoms with Crippen LogP contribution in [-0.2, 0) is 24.4 Å². The van der Waals surface area contributed by atoms with Crippen molar-refractivity contribution >= 4 is 17.2 Å². The molecule has 1 fully saturated rings. The molecule has 31 heavy (non-hydrogen) atoms. The lowest BCUT2D eigenvalue weighted by atomic mass is 10.1. The largest absolute Gasteiger partial charge is 0.486 e. The highest BCUT2D eigenvalue weighted by atomic mass is 32.1. The lowest BCUT2D eigenvalue weighted by Crippen LogP contribution is -2.36. The Kier molecular flexibility index (Phi) is 7.30. The molecule has 6 nitrogen and oxygen atoms in total. The number of aryl methyl sites for hydroxylation is 1. The van der Waals surface area contributed by atoms with Crippen LogP contribution >= 0.6 is 11.3 Å². The monoisotopic (exact) mass is 437 g/mol. The molecule has 1 N–H and O–H groups in total. The number of thiazole rings is 1. The lowest BCUT2D eigenvalue weighted by molar-refractivity contribution is 0.0340. The van der Waals surface area contributed by atoms with Crippen LogP contribution < -0.4 is 10.1 Å². The molecule has 1 saturated heterocycles. The van der Waals surface area contributed by atoms with Crippen molar-refractivity contribution in [2.24, 2.45) is 0 Å². The van der Waals surface area contributed by atoms with Crippen molar-refractivity contribution in [3.05, 3.63) is 81.3 Å². The normalized spacial score (nSPS) is 14.4. The van der Waals surface area contributed by atoms with Crippen LogP contribution in [0, 0.1) is 6.92 Å². The minimum Gasteiger partial charge on any atom is -0.486 e. The fourth-order valence-electron chi connectivity index (χ4n) is 3.41. The second-order valence-electron chi connectivity index (χ2n) is 7.57. The van der Waals surface area contributed by atoms with E-state index in [0.29, 0.717) is 18.8 Å². The lowest BCUT2D eigenvalue weighted by Gasteiger charge is -2.27. The number of nitrogens with zero attached hydrogens (tertiary/aromatic N) is 2. The Labute approximate surface area is 186 Å². The molecule has 0 spiro atoms. The molecule has 0 atom stereocenters. The molecule has 0 radical (unpaired) electrons. The molecule has 1 amide bonds. The van der Waals surface area contributed by atoms with E-state index in [4.69, 9.17) is 9.47 Å². The number of rotatable bonds is 8. The Morgan fingerprint density at radius 1 is 1.13 bits per heavy atom. The highest BCUT2D eigenvalue weighted by Crippen LogP contribution is 2.17. The Bertz CT molecular complexity index is 997. The first-order valence-electron chi connectivity index (χ1n) is 10.5. The molecule has 0 unspecified atom stereocenters. The minimum atomic E-state index is -0.168. The van der Waals surface area contributed by atoms with Gasteiger partial charge in [-0.2, -0.15) is 0 Å². The van der Waals surface area contributed by atoms with Crippen LogP contribution in [0.2, 0.25) is 0 Å². The van der Waals surface area contributed by atoms with Gasteiger partial charge in [-0.25, -0.2) is 4.98 Å². The van der Waals surface area contributed by atoms with Gasteiger partial charge in [0.05, 0.1) is 13.2 Å². The Morgan fingerprint density at radius 2 is 1.87 bits per heavy atom. The maximum atomic E-state index is 12.6. The first kappa shape index (κ1) is 21.5. The van der Waals surface area contributed by atoms with Gasteiger partial charge in [0.15, 0.2) is 0 Å². The van der Waals surface area contributed by atoms with Crippen LogP contribution in [0.25, 0.3) is 0 Å². The highest BCUT2D eigenvalue weighted by molar-refractivity contribution is 7.09. The van der Waals surface area contributed by atoms with E-state index in [9.17, 15) is 4.79 Å². The van der Waals surface area contributed by atoms with E-state index >= 15 is 0 Å². The summed E-state index contributed by atoms with van der Waals surface area (Å²) >= 11 is 1.43. The number of morpholine rings is 1. The van der Waals surface area contributed by atoms with Gasteiger partial charge in [-0.15, -0.1) is 11.3 Å². The SMILES string of the molecule is Cc1ccc(OCc2nc(C(=O)NCc3ccccc3CN3CCOCC3)cs2)cc1. The summed E-state index contributed by atoms with van der Waals surface area (Å²) in [5.74, 6) is 0.627. The molecule has 0 aliphatic carbocycles. The summed E-state index contributed by atoms with van der Waals surface area (Å²) in [4.78, 5) is 19.4. The van der Waals surface area contributed by atoms with Gasteiger partial charge >= 0.3 is 0 Å². The number of nitrogens with one attached hydrogen (secondary N) is 1. The first-order chi connectivity index (χ1) is 15.2. The van der Waals surface area contributed by atoms with Crippen LogP contribution in [0.15, 0.2) is 53.9 Å². The second-order valence-corrected chi connectivity index (χ2v) is 8.51. The molecular weight excluding hydrogens is 410 g/mol. The molecule has 162 valence electrons. The molecule has 1 aromatic heterocycles. The van der Waals surface area contributed by atoms with Crippen molar-refractivity contribution in [3.63, 3.8) is 0 Å². The number of amides is 1. The van der Waals surface area contributed by atoms with Crippen molar-refractivity contribution < 1.29 is 14.3 Å². The van der Waals surface area contributed by atoms with E-state index in [1.807, 2.05) is 43.3 Å². The summed E-state index contributed by atoms with van der Waals surface area (Å²) < 4.78 is 11.2. The Balaban J connectivity index is 1.30. The minimum absolute atomic E-state index is 0.168. The average molecular weight is 438 g/mol. The predicted octanol–water partition coefficient (Wildman–Crippen LogP) is 3.79. The molecule has 3 aromatic rings. The number of benzene rings is 2. The topological polar surface area (TPSA) is 63.7 Å². The third-order valence-corrected chi connectivity index (χ3v) is 6.05. The van der Waals surface area contributed by atoms with Crippen LogP contribution in [0.1, 0.15) is 32.2 Å². The van der Waals surface area contributed by atoms with Gasteiger partial charge in [0.1, 0.15) is 23.1 Å². The van der Waals surface area contributed by atoms with Crippen LogP contribution in [0.5, 0.6) is 5.75 Å². The third kappa shape index (κ3) is 6.13. The summed E-state index contributed by atoms with van der Waals surface area (Å²) in [6.07, 6.45) is 0. The summed E-state index contributed by atoms with van der Waals surface area (Å²) in [7, 11) is 0. The van der Waals surface area contributed by atoms with Crippen molar-refractivity contribution in [2.75, 3.05) is 26.3 Å². The molecule has 1 aliphatic rings. The Hall–Kier alpha value is -2.74. The quantitative estimate of drug-likeness (QED) is 0.581. The zero-order chi connectivity index (χ0) is 21.5. The molecule has 0 saturated carbocycles. The van der Waals surface area contributed by atoms with E-state index in [-0.39, 0.29) is 5.91 Å². The van der Waals surface area contributed by atoms with E-state index in [1.165, 1.54) is 22.5 Å². The second kappa shape index (κ2) is 10.5. The van der Waals surface area contributed by atoms with Crippen LogP contribution in [0.4, 0.5) is 0 Å². The highest BCUT2D eigenvalue weighted by Gasteiger charge is 2.15. The Morgan fingerprint density at radius 3 is 2.65 bits per heavy atom. The third-order valence-electron chi connectivity index (χ3n) is 5.22. The van der Waals surface area contributed by atoms with Crippen molar-refractivity contribution in [3.8, 4) is 5.75 Å². The molecule has 2 heterocycles. The molecule has 7 heteroatoms. The van der Waals surface area contributed by atoms with Gasteiger partial charge in [0.2, 0.25) is 0 Å². The summed E-state index contributed by atoms with van der Waals surface area (Å²) in [6, 6.07) is 16.1. The molecular formula is C24H27N3O3S. The van der Waals surface area contributed by atoms with Crippen molar-refractivity contribution in [2.45, 2.75) is 26.6 Å². The summed E-state index contributed by atoms with van der Waals surface area (Å²) in [5, 5.41) is 5.56. The number of carbonyl (C=O) groups excluding carboxylic acids is 1. The van der Waals surface area contributed by atoms with E-state index < -0.39 is 0 Å². The smallest absolute Gasteiger partial charge is 0.271 e. The van der Waals surface area contributed by atoms with E-state index in [2.05, 4.69) is 27.3 Å². The van der Waals surface area contributed by atoms with Gasteiger partial charge in [0.25, 0.3) is 5.91 Å². The van der Waals surface area contributed by atoms with Crippen molar-refractivity contribution in [1.29, 1.82) is 0 Å². The number of aromatic nitrogens is 1. The fourth-order valence-corrected chi connectivity index (χ4v) is 4.10. The van der Waals surface area contributed by atoms with Gasteiger partial charge in [-0.3, -0.25) is 9.69 Å². The van der Waals surface area contributed by atoms with Gasteiger partial charge in [0, 0.05) is 31.6 Å². The molecule has 0 bridgehead atoms. The maximum Gasteiger partial charge on any atom is 0.271 e. The standard InChI is InChI=1S/C24H27N3O3S/c1-18-6-8-21(9-7-18)30-16-23-26-22(17-31-23)24(28)25-14-19-4-2-3-5-20(19)15-27-10-12-29-13-11-27/h2-9,17H,10-16H2,1H3,(H,25,28). The average Bonchev–Trinajstić information content (AvgIpc) is 3.28. The fraction of sp³-hybridized carbons (Fsp3) is 0.333. The predicted molar refractivity (Wildman–Crippen MR) is 121 cm³/mol. The van der Waals surface area contributed by atoms with Crippen molar-refractivity contribution in [1.82, 2.24) is 15.2 Å². The van der Waals surface area contributed by atoms with E-state index in [1.54, 1.807) is 5.38 Å². The zero-order valence-corrected chi connectivity index (χ0v) is 18.5. The van der Waals surface area contributed by atoms with Gasteiger partial charge in [-0.05, 0) is 30.2 Å². The number of hydrogen-bond acceptors (Lipinski definition) is 6. The van der Waals surface area contributed by atoms with Gasteiger partial charge in [-0.1, -0.05) is 42.0 Å². The van der Waals surface area contributed by atoms with Gasteiger partial charge < -0.3 is 14.8 Å². The summed E-state index contributed by atoms with van der Waals surface area (Å²) in [5.41, 5.74) is 3.97. The number of carbonyl (C=O) groups is 1. The molecule has 1 aliphatic heterocycles. The number of ether oxygens (including phenoxy) is 2. The van der Waals surface area contributed by atoms with Crippen LogP contribution in [-0.4, -0.2) is 42.1 Å². The summed E-state index contributed by atoms with van der Waals surface area (Å²) in [6.45, 7) is 7.16. The molecule has 2 aromatic carbocycles.